The molecule has 1 fully saturated rings. The van der Waals surface area contributed by atoms with Crippen molar-refractivity contribution in [3.63, 3.8) is 0 Å². The van der Waals surface area contributed by atoms with Gasteiger partial charge in [0, 0.05) is 6.61 Å². The van der Waals surface area contributed by atoms with E-state index in [0.29, 0.717) is 6.04 Å². The van der Waals surface area contributed by atoms with E-state index in [1.54, 1.807) is 0 Å². The highest BCUT2D eigenvalue weighted by Crippen LogP contribution is 2.31. The monoisotopic (exact) mass is 183 g/mol. The second-order valence-corrected chi connectivity index (χ2v) is 4.10. The van der Waals surface area contributed by atoms with Crippen molar-refractivity contribution in [2.24, 2.45) is 0 Å². The molecule has 1 N–H and O–H groups in total. The highest BCUT2D eigenvalue weighted by Gasteiger charge is 2.38. The zero-order chi connectivity index (χ0) is 9.90. The summed E-state index contributed by atoms with van der Waals surface area (Å²) >= 11 is 0. The summed E-state index contributed by atoms with van der Waals surface area (Å²) in [5, 5.41) is 3.44. The number of hydrogen-bond donors (Lipinski definition) is 1. The molecule has 0 aromatic rings. The van der Waals surface area contributed by atoms with Crippen LogP contribution in [0.2, 0.25) is 0 Å². The standard InChI is InChI=1S/C11H21NO/c1-5-12-10(9(2)3)11(4)7-6-8-13-11/h10,12H,2,5-8H2,1,3-4H3. The average Bonchev–Trinajstić information content (AvgIpc) is 2.48. The lowest BCUT2D eigenvalue weighted by atomic mass is 9.89. The second kappa shape index (κ2) is 4.25. The average molecular weight is 183 g/mol. The largest absolute Gasteiger partial charge is 0.373 e. The predicted molar refractivity (Wildman–Crippen MR) is 55.9 cm³/mol. The van der Waals surface area contributed by atoms with E-state index < -0.39 is 0 Å². The highest BCUT2D eigenvalue weighted by molar-refractivity contribution is 5.11. The van der Waals surface area contributed by atoms with Gasteiger partial charge in [-0.25, -0.2) is 0 Å². The molecule has 0 aliphatic carbocycles. The smallest absolute Gasteiger partial charge is 0.0845 e. The van der Waals surface area contributed by atoms with Gasteiger partial charge in [-0.1, -0.05) is 19.1 Å². The lowest BCUT2D eigenvalue weighted by molar-refractivity contribution is -0.00114. The zero-order valence-electron chi connectivity index (χ0n) is 9.02. The molecule has 1 heterocycles. The molecular formula is C11H21NO. The first-order valence-corrected chi connectivity index (χ1v) is 5.13. The molecule has 0 radical (unpaired) electrons. The van der Waals surface area contributed by atoms with Gasteiger partial charge in [0.1, 0.15) is 0 Å². The molecular weight excluding hydrogens is 162 g/mol. The Balaban J connectivity index is 2.67. The van der Waals surface area contributed by atoms with Crippen LogP contribution < -0.4 is 5.32 Å². The van der Waals surface area contributed by atoms with Crippen LogP contribution in [0, 0.1) is 0 Å². The van der Waals surface area contributed by atoms with E-state index in [1.807, 2.05) is 0 Å². The van der Waals surface area contributed by atoms with Crippen molar-refractivity contribution in [2.75, 3.05) is 13.2 Å². The fraction of sp³-hybridized carbons (Fsp3) is 0.818. The molecule has 2 atom stereocenters. The highest BCUT2D eigenvalue weighted by atomic mass is 16.5. The Hall–Kier alpha value is -0.340. The number of likely N-dealkylation sites (N-methyl/N-ethyl adjacent to an activating group) is 1. The zero-order valence-corrected chi connectivity index (χ0v) is 9.02. The van der Waals surface area contributed by atoms with Gasteiger partial charge in [0.2, 0.25) is 0 Å². The Bertz CT molecular complexity index is 183. The Morgan fingerprint density at radius 1 is 1.69 bits per heavy atom. The van der Waals surface area contributed by atoms with E-state index >= 15 is 0 Å². The third-order valence-corrected chi connectivity index (χ3v) is 2.76. The van der Waals surface area contributed by atoms with E-state index in [4.69, 9.17) is 4.74 Å². The van der Waals surface area contributed by atoms with Gasteiger partial charge in [0.05, 0.1) is 11.6 Å². The normalized spacial score (nSPS) is 30.4. The SMILES string of the molecule is C=C(C)C(NCC)C1(C)CCCO1. The first-order chi connectivity index (χ1) is 6.10. The molecule has 0 spiro atoms. The van der Waals surface area contributed by atoms with Crippen LogP contribution in [0.5, 0.6) is 0 Å². The maximum atomic E-state index is 5.79. The van der Waals surface area contributed by atoms with Crippen molar-refractivity contribution in [1.29, 1.82) is 0 Å². The molecule has 0 saturated carbocycles. The van der Waals surface area contributed by atoms with E-state index in [-0.39, 0.29) is 5.60 Å². The van der Waals surface area contributed by atoms with Gasteiger partial charge in [0.15, 0.2) is 0 Å². The summed E-state index contributed by atoms with van der Waals surface area (Å²) in [5.74, 6) is 0. The number of nitrogens with one attached hydrogen (secondary N) is 1. The van der Waals surface area contributed by atoms with E-state index in [2.05, 4.69) is 32.7 Å². The van der Waals surface area contributed by atoms with Gasteiger partial charge >= 0.3 is 0 Å². The molecule has 0 bridgehead atoms. The summed E-state index contributed by atoms with van der Waals surface area (Å²) in [6.45, 7) is 12.3. The molecule has 1 aliphatic rings. The number of rotatable bonds is 4. The van der Waals surface area contributed by atoms with Crippen LogP contribution in [0.1, 0.15) is 33.6 Å². The molecule has 2 unspecified atom stereocenters. The van der Waals surface area contributed by atoms with Crippen molar-refractivity contribution in [1.82, 2.24) is 5.32 Å². The molecule has 76 valence electrons. The summed E-state index contributed by atoms with van der Waals surface area (Å²) in [4.78, 5) is 0. The molecule has 1 rings (SSSR count). The quantitative estimate of drug-likeness (QED) is 0.674. The van der Waals surface area contributed by atoms with Crippen LogP contribution in [0.4, 0.5) is 0 Å². The molecule has 2 heteroatoms. The predicted octanol–water partition coefficient (Wildman–Crippen LogP) is 2.11. The Morgan fingerprint density at radius 2 is 2.38 bits per heavy atom. The van der Waals surface area contributed by atoms with Crippen LogP contribution in [0.3, 0.4) is 0 Å². The second-order valence-electron chi connectivity index (χ2n) is 4.10. The van der Waals surface area contributed by atoms with E-state index in [9.17, 15) is 0 Å². The van der Waals surface area contributed by atoms with Crippen molar-refractivity contribution < 1.29 is 4.74 Å². The van der Waals surface area contributed by atoms with Crippen LogP contribution in [0.15, 0.2) is 12.2 Å². The maximum Gasteiger partial charge on any atom is 0.0845 e. The molecule has 13 heavy (non-hydrogen) atoms. The summed E-state index contributed by atoms with van der Waals surface area (Å²) < 4.78 is 5.79. The minimum absolute atomic E-state index is 0.0259. The molecule has 0 aromatic carbocycles. The molecule has 1 saturated heterocycles. The van der Waals surface area contributed by atoms with Crippen molar-refractivity contribution in [3.05, 3.63) is 12.2 Å². The molecule has 0 aromatic heterocycles. The van der Waals surface area contributed by atoms with Crippen LogP contribution in [-0.2, 0) is 4.74 Å². The topological polar surface area (TPSA) is 21.3 Å². The lowest BCUT2D eigenvalue weighted by Crippen LogP contribution is -2.48. The van der Waals surface area contributed by atoms with Crippen LogP contribution in [-0.4, -0.2) is 24.8 Å². The fourth-order valence-corrected chi connectivity index (χ4v) is 2.14. The van der Waals surface area contributed by atoms with Gasteiger partial charge in [-0.15, -0.1) is 0 Å². The van der Waals surface area contributed by atoms with E-state index in [1.165, 1.54) is 12.0 Å². The van der Waals surface area contributed by atoms with Crippen LogP contribution >= 0.6 is 0 Å². The third-order valence-electron chi connectivity index (χ3n) is 2.76. The Kier molecular flexibility index (Phi) is 3.51. The molecule has 0 amide bonds. The van der Waals surface area contributed by atoms with Gasteiger partial charge in [-0.3, -0.25) is 0 Å². The van der Waals surface area contributed by atoms with Crippen molar-refractivity contribution in [2.45, 2.75) is 45.3 Å². The van der Waals surface area contributed by atoms with E-state index in [0.717, 1.165) is 19.6 Å². The minimum atomic E-state index is -0.0259. The fourth-order valence-electron chi connectivity index (χ4n) is 2.14. The summed E-state index contributed by atoms with van der Waals surface area (Å²) in [5.41, 5.74) is 1.15. The summed E-state index contributed by atoms with van der Waals surface area (Å²) in [7, 11) is 0. The van der Waals surface area contributed by atoms with Gasteiger partial charge in [-0.05, 0) is 33.2 Å². The third kappa shape index (κ3) is 2.32. The summed E-state index contributed by atoms with van der Waals surface area (Å²) in [6.07, 6.45) is 2.31. The number of ether oxygens (including phenoxy) is 1. The lowest BCUT2D eigenvalue weighted by Gasteiger charge is -2.34. The van der Waals surface area contributed by atoms with Gasteiger partial charge in [0.25, 0.3) is 0 Å². The minimum Gasteiger partial charge on any atom is -0.373 e. The van der Waals surface area contributed by atoms with Crippen LogP contribution in [0.25, 0.3) is 0 Å². The van der Waals surface area contributed by atoms with Gasteiger partial charge in [-0.2, -0.15) is 0 Å². The first-order valence-electron chi connectivity index (χ1n) is 5.13. The maximum absolute atomic E-state index is 5.79. The van der Waals surface area contributed by atoms with Crippen molar-refractivity contribution >= 4 is 0 Å². The molecule has 1 aliphatic heterocycles. The first kappa shape index (κ1) is 10.7. The van der Waals surface area contributed by atoms with Gasteiger partial charge < -0.3 is 10.1 Å². The Labute approximate surface area is 81.4 Å². The number of hydrogen-bond acceptors (Lipinski definition) is 2. The van der Waals surface area contributed by atoms with Crippen molar-refractivity contribution in [3.8, 4) is 0 Å². The summed E-state index contributed by atoms with van der Waals surface area (Å²) in [6, 6.07) is 0.306. The molecule has 2 nitrogen and oxygen atoms in total. The Morgan fingerprint density at radius 3 is 2.77 bits per heavy atom.